The van der Waals surface area contributed by atoms with Crippen LogP contribution in [0.25, 0.3) is 21.7 Å². The van der Waals surface area contributed by atoms with Gasteiger partial charge in [-0.3, -0.25) is 9.59 Å². The van der Waals surface area contributed by atoms with Gasteiger partial charge in [-0.2, -0.15) is 0 Å². The lowest BCUT2D eigenvalue weighted by atomic mass is 9.85. The molecule has 2 bridgehead atoms. The van der Waals surface area contributed by atoms with E-state index in [1.54, 1.807) is 28.4 Å². The molecule has 2 unspecified atom stereocenters. The molecule has 0 spiro atoms. The highest BCUT2D eigenvalue weighted by atomic mass is 32.1. The molecule has 9 rings (SSSR count). The predicted octanol–water partition coefficient (Wildman–Crippen LogP) is 5.09. The van der Waals surface area contributed by atoms with Gasteiger partial charge in [0, 0.05) is 75.7 Å². The molecule has 0 saturated carbocycles. The molecule has 5 aromatic rings. The molecule has 3 aromatic heterocycles. The molecular formula is C48H58N12O5S. The van der Waals surface area contributed by atoms with Gasteiger partial charge in [0.15, 0.2) is 5.82 Å². The number of aromatic hydroxyl groups is 1. The van der Waals surface area contributed by atoms with Crippen molar-refractivity contribution >= 4 is 46.6 Å². The Labute approximate surface area is 388 Å². The summed E-state index contributed by atoms with van der Waals surface area (Å²) in [5.41, 5.74) is 13.4. The SMILES string of the molecule is Cc1ncsc1-c1ccc(CNC(=O)[C@@H]2C[C@@H](O)CN2C(=O)[C@@H](NC(=O)N2CCC(c3cnc(N4C5CCC4CN(c4cc(-c6ccccc6O)nnc4N)C5)nc3)CC2)C(C)(C)C)cc1. The normalized spacial score (nSPS) is 21.5. The Hall–Kier alpha value is -6.40. The summed E-state index contributed by atoms with van der Waals surface area (Å²) in [5, 5.41) is 35.6. The summed E-state index contributed by atoms with van der Waals surface area (Å²) >= 11 is 1.58. The lowest BCUT2D eigenvalue weighted by molar-refractivity contribution is -0.142. The largest absolute Gasteiger partial charge is 0.507 e. The molecule has 18 heteroatoms. The van der Waals surface area contributed by atoms with Crippen molar-refractivity contribution < 1.29 is 24.6 Å². The van der Waals surface area contributed by atoms with Crippen LogP contribution in [0.4, 0.5) is 22.2 Å². The highest BCUT2D eigenvalue weighted by Gasteiger charge is 2.45. The fraction of sp³-hybridized carbons (Fsp3) is 0.458. The van der Waals surface area contributed by atoms with E-state index in [4.69, 9.17) is 15.7 Å². The van der Waals surface area contributed by atoms with Crippen molar-refractivity contribution in [2.45, 2.75) is 103 Å². The maximum absolute atomic E-state index is 14.3. The zero-order chi connectivity index (χ0) is 46.3. The van der Waals surface area contributed by atoms with Crippen molar-refractivity contribution in [2.24, 2.45) is 5.41 Å². The minimum Gasteiger partial charge on any atom is -0.507 e. The zero-order valence-corrected chi connectivity index (χ0v) is 38.6. The molecule has 6 N–H and O–H groups in total. The van der Waals surface area contributed by atoms with E-state index in [9.17, 15) is 24.6 Å². The first kappa shape index (κ1) is 44.8. The Morgan fingerprint density at radius 1 is 0.924 bits per heavy atom. The van der Waals surface area contributed by atoms with E-state index in [1.807, 2.05) is 88.1 Å². The van der Waals surface area contributed by atoms with Gasteiger partial charge in [-0.25, -0.2) is 19.7 Å². The van der Waals surface area contributed by atoms with Crippen molar-refractivity contribution in [1.82, 2.24) is 45.6 Å². The third-order valence-corrected chi connectivity index (χ3v) is 14.6. The van der Waals surface area contributed by atoms with Crippen molar-refractivity contribution in [1.29, 1.82) is 0 Å². The van der Waals surface area contributed by atoms with E-state index in [0.717, 1.165) is 58.9 Å². The Bertz CT molecular complexity index is 2550. The third-order valence-electron chi connectivity index (χ3n) is 13.6. The summed E-state index contributed by atoms with van der Waals surface area (Å²) in [7, 11) is 0. The molecular weight excluding hydrogens is 857 g/mol. The number of hydrogen-bond acceptors (Lipinski definition) is 14. The number of phenolic OH excluding ortho intramolecular Hbond substituents is 1. The number of para-hydroxylation sites is 1. The first-order valence-corrected chi connectivity index (χ1v) is 23.7. The molecule has 0 radical (unpaired) electrons. The number of hydrogen-bond donors (Lipinski definition) is 5. The number of urea groups is 1. The summed E-state index contributed by atoms with van der Waals surface area (Å²) in [5.74, 6) is 0.621. The predicted molar refractivity (Wildman–Crippen MR) is 253 cm³/mol. The molecule has 7 heterocycles. The molecule has 5 atom stereocenters. The van der Waals surface area contributed by atoms with Crippen LogP contribution < -0.4 is 26.2 Å². The van der Waals surface area contributed by atoms with Gasteiger partial charge < -0.3 is 46.2 Å². The number of rotatable bonds is 10. The number of nitrogen functional groups attached to an aromatic ring is 1. The number of thiazole rings is 1. The standard InChI is InChI=1S/C48H58N12O5S/c1-28-41(66-27-53-28)31-11-9-29(10-12-31)21-50-44(63)39-19-35(61)26-59(39)45(64)42(48(2,3)4)54-47(65)57-17-15-30(16-18-57)32-22-51-46(52-23-32)60-33-13-14-34(60)25-58(24-33)38-20-37(55-56-43(38)49)36-7-5-6-8-40(36)62/h5-12,20,22-23,27,30,33-35,39,42,61-62H,13-19,21,24-26H2,1-4H3,(H2,49,56)(H,50,63)(H,54,65)/t33?,34?,35-,39+,42-/m1/s1. The van der Waals surface area contributed by atoms with Crippen LogP contribution in [0.5, 0.6) is 5.75 Å². The summed E-state index contributed by atoms with van der Waals surface area (Å²) < 4.78 is 0. The molecule has 4 aliphatic heterocycles. The number of nitrogens with two attached hydrogens (primary N) is 1. The number of piperazine rings is 1. The number of amides is 4. The van der Waals surface area contributed by atoms with Crippen molar-refractivity contribution in [3.05, 3.63) is 89.3 Å². The number of aromatic nitrogens is 5. The summed E-state index contributed by atoms with van der Waals surface area (Å²) in [6, 6.07) is 15.2. The van der Waals surface area contributed by atoms with Gasteiger partial charge in [-0.1, -0.05) is 57.2 Å². The second-order valence-corrected chi connectivity index (χ2v) is 20.0. The topological polar surface area (TPSA) is 219 Å². The number of benzene rings is 2. The Morgan fingerprint density at radius 3 is 2.27 bits per heavy atom. The first-order chi connectivity index (χ1) is 31.7. The van der Waals surface area contributed by atoms with Gasteiger partial charge in [0.05, 0.1) is 33.6 Å². The molecule has 4 fully saturated rings. The van der Waals surface area contributed by atoms with Crippen molar-refractivity contribution in [3.63, 3.8) is 0 Å². The number of nitrogens with zero attached hydrogens (tertiary/aromatic N) is 9. The van der Waals surface area contributed by atoms with Crippen LogP contribution in [0.3, 0.4) is 0 Å². The van der Waals surface area contributed by atoms with E-state index >= 15 is 0 Å². The quantitative estimate of drug-likeness (QED) is 0.123. The van der Waals surface area contributed by atoms with Gasteiger partial charge >= 0.3 is 6.03 Å². The maximum Gasteiger partial charge on any atom is 0.318 e. The maximum atomic E-state index is 14.3. The minimum atomic E-state index is -0.927. The van der Waals surface area contributed by atoms with Crippen LogP contribution in [0.1, 0.15) is 75.6 Å². The second kappa shape index (κ2) is 18.5. The Morgan fingerprint density at radius 2 is 1.62 bits per heavy atom. The van der Waals surface area contributed by atoms with E-state index < -0.39 is 29.5 Å². The number of fused-ring (bicyclic) bond motifs is 2. The van der Waals surface area contributed by atoms with E-state index in [-0.39, 0.29) is 55.2 Å². The number of piperidine rings is 1. The summed E-state index contributed by atoms with van der Waals surface area (Å²) in [6.45, 7) is 10.3. The number of phenols is 1. The average molecular weight is 915 g/mol. The van der Waals surface area contributed by atoms with Crippen molar-refractivity contribution in [2.75, 3.05) is 48.3 Å². The lowest BCUT2D eigenvalue weighted by Crippen LogP contribution is -2.60. The van der Waals surface area contributed by atoms with Crippen LogP contribution >= 0.6 is 11.3 Å². The smallest absolute Gasteiger partial charge is 0.318 e. The lowest BCUT2D eigenvalue weighted by Gasteiger charge is -2.42. The van der Waals surface area contributed by atoms with Gasteiger partial charge in [0.2, 0.25) is 17.8 Å². The molecule has 4 saturated heterocycles. The molecule has 346 valence electrons. The number of carbonyl (C=O) groups is 3. The number of β-amino-alcohol motifs (C(OH)–C–C–N with tert-alkyl or cyclic N) is 1. The summed E-state index contributed by atoms with van der Waals surface area (Å²) in [4.78, 5) is 64.6. The fourth-order valence-electron chi connectivity index (χ4n) is 9.98. The number of aliphatic hydroxyl groups excluding tert-OH is 1. The second-order valence-electron chi connectivity index (χ2n) is 19.1. The Kier molecular flexibility index (Phi) is 12.5. The van der Waals surface area contributed by atoms with E-state index in [0.29, 0.717) is 49.0 Å². The number of nitrogens with one attached hydrogen (secondary N) is 2. The molecule has 4 amide bonds. The first-order valence-electron chi connectivity index (χ1n) is 22.8. The van der Waals surface area contributed by atoms with Gasteiger partial charge in [-0.05, 0) is 78.8 Å². The number of anilines is 3. The Balaban J connectivity index is 0.781. The average Bonchev–Trinajstić information content (AvgIpc) is 4.01. The zero-order valence-electron chi connectivity index (χ0n) is 37.8. The summed E-state index contributed by atoms with van der Waals surface area (Å²) in [6.07, 6.45) is 6.53. The minimum absolute atomic E-state index is 0.00714. The van der Waals surface area contributed by atoms with Crippen LogP contribution in [0.15, 0.2) is 72.5 Å². The number of likely N-dealkylation sites (tertiary alicyclic amines) is 2. The van der Waals surface area contributed by atoms with Gasteiger partial charge in [0.1, 0.15) is 17.8 Å². The molecule has 4 aliphatic rings. The van der Waals surface area contributed by atoms with Crippen LogP contribution in [0, 0.1) is 12.3 Å². The number of carbonyl (C=O) groups excluding carboxylic acids is 3. The van der Waals surface area contributed by atoms with Gasteiger partial charge in [0.25, 0.3) is 0 Å². The third kappa shape index (κ3) is 9.20. The van der Waals surface area contributed by atoms with E-state index in [1.165, 1.54) is 4.90 Å². The molecule has 17 nitrogen and oxygen atoms in total. The van der Waals surface area contributed by atoms with Crippen LogP contribution in [-0.2, 0) is 16.1 Å². The van der Waals surface area contributed by atoms with Crippen LogP contribution in [-0.4, -0.2) is 126 Å². The fourth-order valence-corrected chi connectivity index (χ4v) is 10.8. The van der Waals surface area contributed by atoms with Crippen molar-refractivity contribution in [3.8, 4) is 27.4 Å². The monoisotopic (exact) mass is 914 g/mol. The molecule has 0 aliphatic carbocycles. The molecule has 66 heavy (non-hydrogen) atoms. The highest BCUT2D eigenvalue weighted by Crippen LogP contribution is 2.39. The van der Waals surface area contributed by atoms with Crippen LogP contribution in [0.2, 0.25) is 0 Å². The number of aryl methyl sites for hydroxylation is 1. The number of aliphatic hydroxyl groups is 1. The van der Waals surface area contributed by atoms with E-state index in [2.05, 4.69) is 35.6 Å². The molecule has 2 aromatic carbocycles. The van der Waals surface area contributed by atoms with Gasteiger partial charge in [-0.15, -0.1) is 21.5 Å². The highest BCUT2D eigenvalue weighted by molar-refractivity contribution is 7.13.